The second-order valence-corrected chi connectivity index (χ2v) is 17.6. The minimum atomic E-state index is 0.810. The Morgan fingerprint density at radius 2 is 0.739 bits per heavy atom. The van der Waals surface area contributed by atoms with Gasteiger partial charge in [0, 0.05) is 83.5 Å². The van der Waals surface area contributed by atoms with Gasteiger partial charge in [0.05, 0.1) is 5.69 Å². The van der Waals surface area contributed by atoms with Crippen LogP contribution < -0.4 is 14.5 Å². The van der Waals surface area contributed by atoms with Gasteiger partial charge in [0.15, 0.2) is 0 Å². The van der Waals surface area contributed by atoms with Crippen molar-refractivity contribution in [1.29, 1.82) is 0 Å². The highest BCUT2D eigenvalue weighted by Crippen LogP contribution is 2.52. The zero-order valence-electron chi connectivity index (χ0n) is 37.2. The van der Waals surface area contributed by atoms with E-state index in [1.807, 2.05) is 24.3 Å². The summed E-state index contributed by atoms with van der Waals surface area (Å²) < 4.78 is 19.8. The van der Waals surface area contributed by atoms with Crippen molar-refractivity contribution in [3.05, 3.63) is 243 Å². The Hall–Kier alpha value is -9.32. The molecule has 0 atom stereocenters. The molecule has 1 aliphatic rings. The lowest BCUT2D eigenvalue weighted by atomic mass is 9.93. The van der Waals surface area contributed by atoms with Crippen molar-refractivity contribution >= 4 is 88.8 Å². The summed E-state index contributed by atoms with van der Waals surface area (Å²) in [6.45, 7) is 0. The molecule has 69 heavy (non-hydrogen) atoms. The Morgan fingerprint density at radius 1 is 0.275 bits per heavy atom. The van der Waals surface area contributed by atoms with Gasteiger partial charge in [0.1, 0.15) is 33.8 Å². The predicted molar refractivity (Wildman–Crippen MR) is 284 cm³/mol. The number of rotatable bonds is 8. The number of para-hydroxylation sites is 6. The smallest absolute Gasteiger partial charge is 0.143 e. The zero-order valence-corrected chi connectivity index (χ0v) is 37.2. The zero-order chi connectivity index (χ0) is 45.4. The summed E-state index contributed by atoms with van der Waals surface area (Å²) in [6, 6.07) is 85.4. The SMILES string of the molecule is c1ccc(N(c2ccc(-c3cccc4c3oc3ccccc34)cc2)c2ccc3c(c2)Oc2ccc(N(c4ccccc4)c4ccc(-c5cccc6c5oc5ccccc56)cc4)c4cccc-3c24)cc1. The molecule has 0 fully saturated rings. The van der Waals surface area contributed by atoms with Gasteiger partial charge in [-0.1, -0.05) is 152 Å². The Bertz CT molecular complexity index is 4100. The van der Waals surface area contributed by atoms with Crippen LogP contribution in [0.5, 0.6) is 11.5 Å². The number of nitrogens with zero attached hydrogens (tertiary/aromatic N) is 2. The highest BCUT2D eigenvalue weighted by Gasteiger charge is 2.26. The first kappa shape index (κ1) is 38.9. The molecule has 13 aromatic rings. The number of benzene rings is 11. The lowest BCUT2D eigenvalue weighted by molar-refractivity contribution is 0.487. The van der Waals surface area contributed by atoms with E-state index >= 15 is 0 Å². The highest BCUT2D eigenvalue weighted by molar-refractivity contribution is 6.13. The van der Waals surface area contributed by atoms with Crippen LogP contribution in [0.3, 0.4) is 0 Å². The van der Waals surface area contributed by atoms with E-state index in [0.29, 0.717) is 0 Å². The van der Waals surface area contributed by atoms with E-state index < -0.39 is 0 Å². The molecule has 14 rings (SSSR count). The highest BCUT2D eigenvalue weighted by atomic mass is 16.5. The lowest BCUT2D eigenvalue weighted by Crippen LogP contribution is -2.11. The van der Waals surface area contributed by atoms with Crippen LogP contribution in [-0.2, 0) is 0 Å². The molecule has 0 radical (unpaired) electrons. The number of anilines is 6. The van der Waals surface area contributed by atoms with Crippen molar-refractivity contribution in [3.8, 4) is 44.9 Å². The normalized spacial score (nSPS) is 11.9. The molecule has 0 bridgehead atoms. The van der Waals surface area contributed by atoms with Gasteiger partial charge >= 0.3 is 0 Å². The van der Waals surface area contributed by atoms with Crippen LogP contribution in [0.1, 0.15) is 0 Å². The number of hydrogen-bond donors (Lipinski definition) is 0. The Balaban J connectivity index is 0.835. The van der Waals surface area contributed by atoms with Crippen LogP contribution in [0, 0.1) is 0 Å². The fraction of sp³-hybridized carbons (Fsp3) is 0. The molecule has 5 nitrogen and oxygen atoms in total. The molecule has 2 aromatic heterocycles. The number of furan rings is 2. The van der Waals surface area contributed by atoms with Crippen LogP contribution in [-0.4, -0.2) is 0 Å². The van der Waals surface area contributed by atoms with Crippen LogP contribution >= 0.6 is 0 Å². The molecule has 0 saturated heterocycles. The third-order valence-electron chi connectivity index (χ3n) is 13.7. The van der Waals surface area contributed by atoms with Crippen molar-refractivity contribution in [2.45, 2.75) is 0 Å². The molecule has 1 aliphatic heterocycles. The van der Waals surface area contributed by atoms with E-state index in [-0.39, 0.29) is 0 Å². The summed E-state index contributed by atoms with van der Waals surface area (Å²) in [4.78, 5) is 4.63. The molecule has 0 N–H and O–H groups in total. The van der Waals surface area contributed by atoms with Crippen LogP contribution in [0.15, 0.2) is 251 Å². The fourth-order valence-electron chi connectivity index (χ4n) is 10.5. The molecule has 0 unspecified atom stereocenters. The van der Waals surface area contributed by atoms with Crippen LogP contribution in [0.2, 0.25) is 0 Å². The number of hydrogen-bond acceptors (Lipinski definition) is 5. The standard InChI is InChI=1S/C64H40N2O3/c1-3-14-43(15-4-1)65(45-32-28-41(29-33-45)48-20-11-23-54-50-18-7-9-26-58(50)68-63(48)54)47-36-37-52-53-22-13-25-56-57(38-39-60(62(53)56)67-61(52)40-47)66(44-16-5-2-6-17-44)46-34-30-42(31-35-46)49-21-12-24-55-51-19-8-10-27-59(51)69-64(49)55/h1-40H. The van der Waals surface area contributed by atoms with Gasteiger partial charge in [0.25, 0.3) is 0 Å². The van der Waals surface area contributed by atoms with Gasteiger partial charge in [0.2, 0.25) is 0 Å². The maximum atomic E-state index is 6.96. The molecular formula is C64H40N2O3. The van der Waals surface area contributed by atoms with Crippen molar-refractivity contribution in [2.24, 2.45) is 0 Å². The van der Waals surface area contributed by atoms with E-state index in [2.05, 4.69) is 228 Å². The van der Waals surface area contributed by atoms with E-state index in [4.69, 9.17) is 13.6 Å². The van der Waals surface area contributed by atoms with Gasteiger partial charge in [-0.15, -0.1) is 0 Å². The predicted octanol–water partition coefficient (Wildman–Crippen LogP) is 18.7. The summed E-state index contributed by atoms with van der Waals surface area (Å²) in [5.74, 6) is 1.64. The first-order valence-corrected chi connectivity index (χ1v) is 23.3. The summed E-state index contributed by atoms with van der Waals surface area (Å²) in [5, 5.41) is 6.68. The van der Waals surface area contributed by atoms with E-state index in [0.717, 1.165) is 134 Å². The van der Waals surface area contributed by atoms with Gasteiger partial charge in [-0.2, -0.15) is 0 Å². The van der Waals surface area contributed by atoms with Crippen molar-refractivity contribution in [1.82, 2.24) is 0 Å². The Kier molecular flexibility index (Phi) is 8.83. The second kappa shape index (κ2) is 15.7. The number of fused-ring (bicyclic) bond motifs is 8. The van der Waals surface area contributed by atoms with E-state index in [1.54, 1.807) is 0 Å². The molecule has 0 spiro atoms. The van der Waals surface area contributed by atoms with Crippen LogP contribution in [0.25, 0.3) is 88.0 Å². The third kappa shape index (κ3) is 6.32. The van der Waals surface area contributed by atoms with Crippen molar-refractivity contribution in [3.63, 3.8) is 0 Å². The summed E-state index contributed by atoms with van der Waals surface area (Å²) in [6.07, 6.45) is 0. The summed E-state index contributed by atoms with van der Waals surface area (Å²) in [7, 11) is 0. The van der Waals surface area contributed by atoms with Crippen molar-refractivity contribution in [2.75, 3.05) is 9.80 Å². The third-order valence-corrected chi connectivity index (χ3v) is 13.7. The monoisotopic (exact) mass is 884 g/mol. The maximum Gasteiger partial charge on any atom is 0.143 e. The minimum absolute atomic E-state index is 0.810. The molecular weight excluding hydrogens is 845 g/mol. The first-order chi connectivity index (χ1) is 34.2. The van der Waals surface area contributed by atoms with Crippen LogP contribution in [0.4, 0.5) is 34.1 Å². The lowest BCUT2D eigenvalue weighted by Gasteiger charge is -2.30. The average Bonchev–Trinajstić information content (AvgIpc) is 4.00. The largest absolute Gasteiger partial charge is 0.456 e. The number of ether oxygens (including phenoxy) is 1. The first-order valence-electron chi connectivity index (χ1n) is 23.3. The molecule has 3 heterocycles. The van der Waals surface area contributed by atoms with Crippen molar-refractivity contribution < 1.29 is 13.6 Å². The molecule has 0 amide bonds. The second-order valence-electron chi connectivity index (χ2n) is 17.6. The Morgan fingerprint density at radius 3 is 1.33 bits per heavy atom. The topological polar surface area (TPSA) is 42.0 Å². The summed E-state index contributed by atoms with van der Waals surface area (Å²) >= 11 is 0. The van der Waals surface area contributed by atoms with E-state index in [9.17, 15) is 0 Å². The molecule has 324 valence electrons. The fourth-order valence-corrected chi connectivity index (χ4v) is 10.5. The van der Waals surface area contributed by atoms with Gasteiger partial charge in [-0.25, -0.2) is 0 Å². The maximum absolute atomic E-state index is 6.96. The van der Waals surface area contributed by atoms with Gasteiger partial charge < -0.3 is 23.4 Å². The van der Waals surface area contributed by atoms with Gasteiger partial charge in [-0.3, -0.25) is 0 Å². The van der Waals surface area contributed by atoms with Gasteiger partial charge in [-0.05, 0) is 102 Å². The molecule has 0 saturated carbocycles. The molecule has 11 aromatic carbocycles. The average molecular weight is 885 g/mol. The van der Waals surface area contributed by atoms with E-state index in [1.165, 1.54) is 0 Å². The Labute approximate surface area is 397 Å². The summed E-state index contributed by atoms with van der Waals surface area (Å²) in [5.41, 5.74) is 16.3. The molecule has 0 aliphatic carbocycles. The minimum Gasteiger partial charge on any atom is -0.456 e. The quantitative estimate of drug-likeness (QED) is 0.152. The molecule has 5 heteroatoms.